The highest BCUT2D eigenvalue weighted by atomic mass is 32.2. The predicted octanol–water partition coefficient (Wildman–Crippen LogP) is 3.85. The quantitative estimate of drug-likeness (QED) is 0.632. The van der Waals surface area contributed by atoms with Gasteiger partial charge in [-0.1, -0.05) is 6.07 Å². The van der Waals surface area contributed by atoms with Gasteiger partial charge in [0.05, 0.1) is 0 Å². The first kappa shape index (κ1) is 11.1. The fourth-order valence-corrected chi connectivity index (χ4v) is 5.80. The molecule has 0 N–H and O–H groups in total. The molecule has 1 fully saturated rings. The lowest BCUT2D eigenvalue weighted by molar-refractivity contribution is 0.777. The molecule has 0 saturated carbocycles. The smallest absolute Gasteiger partial charge is 0.0560 e. The maximum atomic E-state index is 2.42. The molecule has 0 bridgehead atoms. The average Bonchev–Trinajstić information content (AvgIpc) is 2.44. The zero-order valence-corrected chi connectivity index (χ0v) is 11.0. The van der Waals surface area contributed by atoms with Crippen molar-refractivity contribution in [1.29, 1.82) is 0 Å². The Bertz CT molecular complexity index is 326. The van der Waals surface area contributed by atoms with Crippen LogP contribution in [0.3, 0.4) is 0 Å². The van der Waals surface area contributed by atoms with Crippen LogP contribution < -0.4 is 0 Å². The molecule has 0 aromatic heterocycles. The fourth-order valence-electron chi connectivity index (χ4n) is 2.65. The number of hydrogen-bond acceptors (Lipinski definition) is 0. The fraction of sp³-hybridized carbons (Fsp3) is 0.571. The van der Waals surface area contributed by atoms with Crippen molar-refractivity contribution in [2.45, 2.75) is 55.9 Å². The van der Waals surface area contributed by atoms with Gasteiger partial charge in [-0.25, -0.2) is 0 Å². The summed E-state index contributed by atoms with van der Waals surface area (Å²) in [6.07, 6.45) is 2.83. The number of benzene rings is 1. The van der Waals surface area contributed by atoms with Crippen LogP contribution in [-0.2, 0) is 10.9 Å². The third-order valence-electron chi connectivity index (χ3n) is 3.31. The van der Waals surface area contributed by atoms with Crippen molar-refractivity contribution in [3.63, 3.8) is 0 Å². The molecular weight excluding hydrogens is 200 g/mol. The van der Waals surface area contributed by atoms with E-state index in [4.69, 9.17) is 0 Å². The highest BCUT2D eigenvalue weighted by molar-refractivity contribution is 7.98. The monoisotopic (exact) mass is 221 g/mol. The molecule has 2 unspecified atom stereocenters. The van der Waals surface area contributed by atoms with Gasteiger partial charge >= 0.3 is 0 Å². The third kappa shape index (κ3) is 2.23. The summed E-state index contributed by atoms with van der Waals surface area (Å²) >= 11 is 0. The molecule has 1 aliphatic heterocycles. The molecule has 1 aromatic carbocycles. The van der Waals surface area contributed by atoms with Gasteiger partial charge in [0.15, 0.2) is 4.90 Å². The Morgan fingerprint density at radius 2 is 1.40 bits per heavy atom. The second-order valence-corrected chi connectivity index (χ2v) is 7.72. The molecule has 1 heterocycles. The van der Waals surface area contributed by atoms with Crippen molar-refractivity contribution < 1.29 is 0 Å². The summed E-state index contributed by atoms with van der Waals surface area (Å²) in [7, 11) is 0.499. The van der Waals surface area contributed by atoms with Crippen molar-refractivity contribution in [3.8, 4) is 0 Å². The van der Waals surface area contributed by atoms with Crippen LogP contribution in [0.5, 0.6) is 0 Å². The van der Waals surface area contributed by atoms with Crippen LogP contribution in [0.25, 0.3) is 0 Å². The van der Waals surface area contributed by atoms with Crippen LogP contribution in [0.15, 0.2) is 23.1 Å². The molecule has 0 spiro atoms. The lowest BCUT2D eigenvalue weighted by Gasteiger charge is -2.11. The van der Waals surface area contributed by atoms with E-state index in [0.29, 0.717) is 10.9 Å². The van der Waals surface area contributed by atoms with Crippen LogP contribution in [0, 0.1) is 13.8 Å². The number of rotatable bonds is 1. The molecular formula is C14H21S+. The molecule has 15 heavy (non-hydrogen) atoms. The topological polar surface area (TPSA) is 0 Å². The van der Waals surface area contributed by atoms with E-state index >= 15 is 0 Å². The predicted molar refractivity (Wildman–Crippen MR) is 69.7 cm³/mol. The molecule has 2 rings (SSSR count). The van der Waals surface area contributed by atoms with Crippen molar-refractivity contribution >= 4 is 10.9 Å². The van der Waals surface area contributed by atoms with E-state index in [0.717, 1.165) is 10.5 Å². The van der Waals surface area contributed by atoms with Crippen LogP contribution in [0.4, 0.5) is 0 Å². The van der Waals surface area contributed by atoms with E-state index in [-0.39, 0.29) is 0 Å². The van der Waals surface area contributed by atoms with Crippen LogP contribution in [-0.4, -0.2) is 10.5 Å². The van der Waals surface area contributed by atoms with Crippen molar-refractivity contribution in [2.75, 3.05) is 0 Å². The molecule has 82 valence electrons. The van der Waals surface area contributed by atoms with Crippen molar-refractivity contribution in [3.05, 3.63) is 29.3 Å². The van der Waals surface area contributed by atoms with Gasteiger partial charge in [-0.15, -0.1) is 0 Å². The molecule has 0 radical (unpaired) electrons. The Labute approximate surface area is 96.4 Å². The van der Waals surface area contributed by atoms with E-state index in [1.165, 1.54) is 24.0 Å². The van der Waals surface area contributed by atoms with E-state index in [2.05, 4.69) is 45.9 Å². The summed E-state index contributed by atoms with van der Waals surface area (Å²) in [6, 6.07) is 7.07. The van der Waals surface area contributed by atoms with Crippen LogP contribution >= 0.6 is 0 Å². The first-order valence-corrected chi connectivity index (χ1v) is 7.23. The maximum absolute atomic E-state index is 2.42. The lowest BCUT2D eigenvalue weighted by atomic mass is 10.2. The van der Waals surface area contributed by atoms with E-state index in [1.807, 2.05) is 0 Å². The molecule has 1 heteroatoms. The number of hydrogen-bond donors (Lipinski definition) is 0. The second-order valence-electron chi connectivity index (χ2n) is 4.89. The van der Waals surface area contributed by atoms with Crippen molar-refractivity contribution in [2.24, 2.45) is 0 Å². The van der Waals surface area contributed by atoms with E-state index in [1.54, 1.807) is 4.90 Å². The summed E-state index contributed by atoms with van der Waals surface area (Å²) in [4.78, 5) is 1.60. The maximum Gasteiger partial charge on any atom is 0.155 e. The molecule has 1 saturated heterocycles. The Hall–Kier alpha value is -0.430. The molecule has 0 nitrogen and oxygen atoms in total. The molecule has 0 amide bonds. The zero-order valence-electron chi connectivity index (χ0n) is 10.2. The number of aryl methyl sites for hydroxylation is 2. The van der Waals surface area contributed by atoms with E-state index < -0.39 is 0 Å². The van der Waals surface area contributed by atoms with Gasteiger partial charge in [0.2, 0.25) is 0 Å². The zero-order chi connectivity index (χ0) is 11.0. The van der Waals surface area contributed by atoms with E-state index in [9.17, 15) is 0 Å². The third-order valence-corrected chi connectivity index (χ3v) is 6.30. The standard InChI is InChI=1S/C14H21S/c1-10-7-11(2)9-14(8-10)15-12(3)5-6-13(15)4/h7-9,12-13H,5-6H2,1-4H3/q+1. The Balaban J connectivity index is 2.35. The molecule has 2 atom stereocenters. The normalized spacial score (nSPS) is 30.8. The van der Waals surface area contributed by atoms with Crippen molar-refractivity contribution in [1.82, 2.24) is 0 Å². The summed E-state index contributed by atoms with van der Waals surface area (Å²) in [5.74, 6) is 0. The summed E-state index contributed by atoms with van der Waals surface area (Å²) in [5, 5.41) is 1.78. The SMILES string of the molecule is Cc1cc(C)cc([S+]2C(C)CCC2C)c1. The van der Waals surface area contributed by atoms with Gasteiger partial charge in [-0.2, -0.15) is 0 Å². The largest absolute Gasteiger partial charge is 0.155 e. The first-order valence-electron chi connectivity index (χ1n) is 5.88. The average molecular weight is 221 g/mol. The van der Waals surface area contributed by atoms with Gasteiger partial charge in [-0.3, -0.25) is 0 Å². The van der Waals surface area contributed by atoms with Gasteiger partial charge in [0.25, 0.3) is 0 Å². The summed E-state index contributed by atoms with van der Waals surface area (Å²) < 4.78 is 0. The Morgan fingerprint density at radius 3 is 1.87 bits per heavy atom. The molecule has 1 aromatic rings. The van der Waals surface area contributed by atoms with Crippen LogP contribution in [0.2, 0.25) is 0 Å². The first-order chi connectivity index (χ1) is 7.08. The minimum atomic E-state index is 0.499. The van der Waals surface area contributed by atoms with Crippen LogP contribution in [0.1, 0.15) is 37.8 Å². The molecule has 1 aliphatic rings. The highest BCUT2D eigenvalue weighted by Gasteiger charge is 2.41. The minimum absolute atomic E-state index is 0.499. The lowest BCUT2D eigenvalue weighted by Crippen LogP contribution is -2.19. The van der Waals surface area contributed by atoms with Gasteiger partial charge in [0, 0.05) is 10.9 Å². The summed E-state index contributed by atoms with van der Waals surface area (Å²) in [5.41, 5.74) is 2.84. The van der Waals surface area contributed by atoms with Gasteiger partial charge < -0.3 is 0 Å². The minimum Gasteiger partial charge on any atom is -0.0560 e. The summed E-state index contributed by atoms with van der Waals surface area (Å²) in [6.45, 7) is 9.27. The Kier molecular flexibility index (Phi) is 3.11. The Morgan fingerprint density at radius 1 is 0.933 bits per heavy atom. The van der Waals surface area contributed by atoms with Gasteiger partial charge in [0.1, 0.15) is 10.5 Å². The second kappa shape index (κ2) is 4.21. The van der Waals surface area contributed by atoms with Gasteiger partial charge in [-0.05, 0) is 63.8 Å². The highest BCUT2D eigenvalue weighted by Crippen LogP contribution is 2.35. The molecule has 0 aliphatic carbocycles.